The summed E-state index contributed by atoms with van der Waals surface area (Å²) in [6, 6.07) is 3.69. The lowest BCUT2D eigenvalue weighted by Gasteiger charge is -2.36. The maximum Gasteiger partial charge on any atom is 0.312 e. The number of nitrogens with zero attached hydrogens (tertiary/aromatic N) is 4. The molecule has 3 saturated heterocycles. The maximum absolute atomic E-state index is 12.9. The van der Waals surface area contributed by atoms with Gasteiger partial charge in [-0.3, -0.25) is 19.3 Å². The van der Waals surface area contributed by atoms with Gasteiger partial charge >= 0.3 is 5.97 Å². The van der Waals surface area contributed by atoms with E-state index in [1.54, 1.807) is 23.5 Å². The molecular formula is C23H30N4O6. The average molecular weight is 459 g/mol. The quantitative estimate of drug-likeness (QED) is 0.534. The zero-order valence-corrected chi connectivity index (χ0v) is 18.6. The Bertz CT molecular complexity index is 942. The highest BCUT2D eigenvalue weighted by Gasteiger charge is 2.51. The number of esters is 1. The van der Waals surface area contributed by atoms with Crippen molar-refractivity contribution in [2.45, 2.75) is 51.3 Å². The van der Waals surface area contributed by atoms with Gasteiger partial charge in [-0.2, -0.15) is 0 Å². The Kier molecular flexibility index (Phi) is 7.12. The van der Waals surface area contributed by atoms with E-state index in [0.717, 1.165) is 25.4 Å². The van der Waals surface area contributed by atoms with Gasteiger partial charge in [-0.25, -0.2) is 4.98 Å². The van der Waals surface area contributed by atoms with Crippen LogP contribution in [0.1, 0.15) is 48.4 Å². The van der Waals surface area contributed by atoms with Crippen LogP contribution in [0, 0.1) is 5.41 Å². The minimum absolute atomic E-state index is 0.0844. The topological polar surface area (TPSA) is 118 Å². The number of carbonyl (C=O) groups is 3. The molecular weight excluding hydrogens is 428 g/mol. The largest absolute Gasteiger partial charge is 0.483 e. The lowest BCUT2D eigenvalue weighted by Crippen LogP contribution is -2.45. The Morgan fingerprint density at radius 3 is 2.61 bits per heavy atom. The lowest BCUT2D eigenvalue weighted by molar-refractivity contribution is -0.150. The molecule has 3 aliphatic heterocycles. The third-order valence-corrected chi connectivity index (χ3v) is 6.76. The van der Waals surface area contributed by atoms with Crippen molar-refractivity contribution in [3.8, 4) is 0 Å². The summed E-state index contributed by atoms with van der Waals surface area (Å²) in [5, 5.41) is 6.89. The van der Waals surface area contributed by atoms with E-state index in [1.165, 1.54) is 12.8 Å². The van der Waals surface area contributed by atoms with E-state index in [2.05, 4.69) is 9.88 Å². The molecule has 0 radical (unpaired) electrons. The normalized spacial score (nSPS) is 22.1. The summed E-state index contributed by atoms with van der Waals surface area (Å²) in [6.07, 6.45) is 9.64. The van der Waals surface area contributed by atoms with Crippen LogP contribution in [0.15, 0.2) is 35.3 Å². The molecule has 10 nitrogen and oxygen atoms in total. The number of rotatable bonds is 5. The van der Waals surface area contributed by atoms with Crippen LogP contribution in [0.25, 0.3) is 0 Å². The molecule has 2 aromatic rings. The van der Waals surface area contributed by atoms with Gasteiger partial charge in [-0.1, -0.05) is 0 Å². The van der Waals surface area contributed by atoms with Gasteiger partial charge in [0.2, 0.25) is 0 Å². The Morgan fingerprint density at radius 1 is 1.21 bits per heavy atom. The molecule has 5 heterocycles. The van der Waals surface area contributed by atoms with Crippen LogP contribution in [-0.4, -0.2) is 75.1 Å². The van der Waals surface area contributed by atoms with E-state index in [-0.39, 0.29) is 24.5 Å². The standard InChI is InChI=1S/C22H28N4O4.CH2O2/c27-20(19-4-3-17(29-19)14-24-8-1-2-9-24)26-10-5-22(6-11-26)13-18(30-21(22)28)15-25-12-7-23-16-25;2-1-3/h3-4,7,12,16,18H,1-2,5-6,8-11,13-15H2;1H,(H,2,3). The molecule has 0 bridgehead atoms. The number of hydrogen-bond donors (Lipinski definition) is 1. The van der Waals surface area contributed by atoms with Crippen molar-refractivity contribution in [3.63, 3.8) is 0 Å². The van der Waals surface area contributed by atoms with Crippen LogP contribution in [0.3, 0.4) is 0 Å². The van der Waals surface area contributed by atoms with Crippen molar-refractivity contribution in [3.05, 3.63) is 42.4 Å². The molecule has 0 saturated carbocycles. The van der Waals surface area contributed by atoms with Crippen LogP contribution < -0.4 is 0 Å². The summed E-state index contributed by atoms with van der Waals surface area (Å²) >= 11 is 0. The second-order valence-corrected chi connectivity index (χ2v) is 8.92. The average Bonchev–Trinajstić information content (AvgIpc) is 3.60. The molecule has 3 aliphatic rings. The van der Waals surface area contributed by atoms with Crippen LogP contribution in [0.4, 0.5) is 0 Å². The van der Waals surface area contributed by atoms with Crippen molar-refractivity contribution in [2.24, 2.45) is 5.41 Å². The molecule has 1 amide bonds. The van der Waals surface area contributed by atoms with Gasteiger partial charge in [-0.15, -0.1) is 0 Å². The molecule has 10 heteroatoms. The molecule has 33 heavy (non-hydrogen) atoms. The summed E-state index contributed by atoms with van der Waals surface area (Å²) in [4.78, 5) is 42.1. The Hall–Kier alpha value is -3.14. The van der Waals surface area contributed by atoms with Gasteiger partial charge in [0.1, 0.15) is 11.9 Å². The first-order chi connectivity index (χ1) is 16.0. The van der Waals surface area contributed by atoms with Crippen molar-refractivity contribution < 1.29 is 28.6 Å². The van der Waals surface area contributed by atoms with Gasteiger partial charge in [0.25, 0.3) is 12.4 Å². The molecule has 1 atom stereocenters. The van der Waals surface area contributed by atoms with Crippen molar-refractivity contribution in [1.82, 2.24) is 19.4 Å². The molecule has 1 N–H and O–H groups in total. The number of likely N-dealkylation sites (tertiary alicyclic amines) is 2. The number of carbonyl (C=O) groups excluding carboxylic acids is 2. The number of hydrogen-bond acceptors (Lipinski definition) is 7. The monoisotopic (exact) mass is 458 g/mol. The number of cyclic esters (lactones) is 1. The Labute approximate surface area is 192 Å². The molecule has 3 fully saturated rings. The van der Waals surface area contributed by atoms with E-state index in [1.807, 2.05) is 16.8 Å². The molecule has 5 rings (SSSR count). The minimum atomic E-state index is -0.466. The molecule has 0 aliphatic carbocycles. The number of amides is 1. The van der Waals surface area contributed by atoms with E-state index >= 15 is 0 Å². The summed E-state index contributed by atoms with van der Waals surface area (Å²) in [6.45, 7) is 4.43. The first-order valence-corrected chi connectivity index (χ1v) is 11.4. The summed E-state index contributed by atoms with van der Waals surface area (Å²) in [5.74, 6) is 1.03. The van der Waals surface area contributed by atoms with Crippen molar-refractivity contribution in [2.75, 3.05) is 26.2 Å². The fraction of sp³-hybridized carbons (Fsp3) is 0.565. The first-order valence-electron chi connectivity index (χ1n) is 11.4. The SMILES string of the molecule is O=C(c1ccc(CN2CCCC2)o1)N1CCC2(CC1)CC(Cn1ccnc1)OC2=O.O=CO. The third kappa shape index (κ3) is 5.27. The molecule has 178 valence electrons. The van der Waals surface area contributed by atoms with Crippen LogP contribution in [0.2, 0.25) is 0 Å². The zero-order chi connectivity index (χ0) is 23.3. The minimum Gasteiger partial charge on any atom is -0.483 e. The Balaban J connectivity index is 0.000000821. The summed E-state index contributed by atoms with van der Waals surface area (Å²) in [7, 11) is 0. The van der Waals surface area contributed by atoms with Gasteiger partial charge in [-0.05, 0) is 50.9 Å². The van der Waals surface area contributed by atoms with E-state index < -0.39 is 5.41 Å². The second-order valence-electron chi connectivity index (χ2n) is 8.92. The van der Waals surface area contributed by atoms with Crippen LogP contribution in [-0.2, 0) is 27.4 Å². The Morgan fingerprint density at radius 2 is 1.94 bits per heavy atom. The fourth-order valence-electron chi connectivity index (χ4n) is 5.01. The molecule has 1 unspecified atom stereocenters. The number of aromatic nitrogens is 2. The van der Waals surface area contributed by atoms with E-state index in [4.69, 9.17) is 19.1 Å². The van der Waals surface area contributed by atoms with Crippen molar-refractivity contribution >= 4 is 18.3 Å². The van der Waals surface area contributed by atoms with Gasteiger partial charge in [0.05, 0.1) is 24.8 Å². The predicted octanol–water partition coefficient (Wildman–Crippen LogP) is 2.01. The van der Waals surface area contributed by atoms with Gasteiger partial charge in [0.15, 0.2) is 5.76 Å². The molecule has 2 aromatic heterocycles. The molecule has 0 aromatic carbocycles. The van der Waals surface area contributed by atoms with Gasteiger partial charge < -0.3 is 23.7 Å². The highest BCUT2D eigenvalue weighted by atomic mass is 16.6. The van der Waals surface area contributed by atoms with Crippen LogP contribution in [0.5, 0.6) is 0 Å². The third-order valence-electron chi connectivity index (χ3n) is 6.76. The second kappa shape index (κ2) is 10.2. The van der Waals surface area contributed by atoms with E-state index in [9.17, 15) is 9.59 Å². The first kappa shape index (κ1) is 23.0. The highest BCUT2D eigenvalue weighted by molar-refractivity contribution is 5.92. The predicted molar refractivity (Wildman–Crippen MR) is 116 cm³/mol. The fourth-order valence-corrected chi connectivity index (χ4v) is 5.01. The summed E-state index contributed by atoms with van der Waals surface area (Å²) < 4.78 is 13.4. The maximum atomic E-state index is 12.9. The smallest absolute Gasteiger partial charge is 0.312 e. The zero-order valence-electron chi connectivity index (χ0n) is 18.6. The van der Waals surface area contributed by atoms with E-state index in [0.29, 0.717) is 44.7 Å². The highest BCUT2D eigenvalue weighted by Crippen LogP contribution is 2.43. The number of piperidine rings is 1. The number of furan rings is 1. The van der Waals surface area contributed by atoms with Crippen LogP contribution >= 0.6 is 0 Å². The number of ether oxygens (including phenoxy) is 1. The van der Waals surface area contributed by atoms with Crippen molar-refractivity contribution in [1.29, 1.82) is 0 Å². The lowest BCUT2D eigenvalue weighted by atomic mass is 9.76. The number of imidazole rings is 1. The molecule has 1 spiro atoms. The summed E-state index contributed by atoms with van der Waals surface area (Å²) in [5.41, 5.74) is -0.466. The number of carboxylic acid groups (broad SMARTS) is 1. The van der Waals surface area contributed by atoms with Gasteiger partial charge in [0, 0.05) is 31.9 Å².